The third-order valence-electron chi connectivity index (χ3n) is 3.23. The Morgan fingerprint density at radius 2 is 1.96 bits per heavy atom. The molecule has 6 nitrogen and oxygen atoms in total. The van der Waals surface area contributed by atoms with Gasteiger partial charge in [0.25, 0.3) is 0 Å². The number of anilines is 1. The molecule has 0 radical (unpaired) electrons. The zero-order valence-electron chi connectivity index (χ0n) is 14.0. The van der Waals surface area contributed by atoms with Crippen LogP contribution in [0.5, 0.6) is 5.75 Å². The maximum absolute atomic E-state index is 11.9. The van der Waals surface area contributed by atoms with Gasteiger partial charge in [-0.2, -0.15) is 0 Å². The molecule has 130 valence electrons. The van der Waals surface area contributed by atoms with E-state index in [1.54, 1.807) is 12.1 Å². The first-order chi connectivity index (χ1) is 10.3. The topological polar surface area (TPSA) is 93.5 Å². The highest BCUT2D eigenvalue weighted by atomic mass is 35.5. The normalized spacial score (nSPS) is 11.4. The Morgan fingerprint density at radius 3 is 2.48 bits per heavy atom. The van der Waals surface area contributed by atoms with Crippen LogP contribution in [0, 0.1) is 12.8 Å². The second-order valence-electron chi connectivity index (χ2n) is 5.45. The van der Waals surface area contributed by atoms with Crippen LogP contribution in [0.25, 0.3) is 0 Å². The minimum Gasteiger partial charge on any atom is -0.494 e. The lowest BCUT2D eigenvalue weighted by atomic mass is 10.1. The molecule has 1 atom stereocenters. The van der Waals surface area contributed by atoms with Gasteiger partial charge in [0.05, 0.1) is 19.2 Å². The van der Waals surface area contributed by atoms with E-state index < -0.39 is 6.04 Å². The molecule has 23 heavy (non-hydrogen) atoms. The van der Waals surface area contributed by atoms with Gasteiger partial charge >= 0.3 is 0 Å². The summed E-state index contributed by atoms with van der Waals surface area (Å²) in [5.41, 5.74) is 7.29. The molecule has 0 heterocycles. The first-order valence-electron chi connectivity index (χ1n) is 7.41. The smallest absolute Gasteiger partial charge is 0.243 e. The number of hydrogen-bond donors (Lipinski definition) is 3. The van der Waals surface area contributed by atoms with Gasteiger partial charge < -0.3 is 21.1 Å². The molecule has 1 rings (SSSR count). The molecule has 2 amide bonds. The SMILES string of the molecule is CCOc1ccc(NC(=O)CNC(=O)[C@@H](N)C(C)C)c(C)c1.Cl. The van der Waals surface area contributed by atoms with Crippen molar-refractivity contribution in [3.63, 3.8) is 0 Å². The van der Waals surface area contributed by atoms with E-state index in [9.17, 15) is 9.59 Å². The van der Waals surface area contributed by atoms with E-state index in [4.69, 9.17) is 10.5 Å². The highest BCUT2D eigenvalue weighted by molar-refractivity contribution is 5.95. The maximum atomic E-state index is 11.9. The van der Waals surface area contributed by atoms with Crippen LogP contribution in [0.4, 0.5) is 5.69 Å². The van der Waals surface area contributed by atoms with Gasteiger partial charge in [-0.3, -0.25) is 9.59 Å². The average molecular weight is 344 g/mol. The molecule has 0 saturated carbocycles. The third-order valence-corrected chi connectivity index (χ3v) is 3.23. The molecule has 0 spiro atoms. The monoisotopic (exact) mass is 343 g/mol. The van der Waals surface area contributed by atoms with E-state index in [1.165, 1.54) is 0 Å². The summed E-state index contributed by atoms with van der Waals surface area (Å²) >= 11 is 0. The largest absolute Gasteiger partial charge is 0.494 e. The number of amides is 2. The first kappa shape index (κ1) is 21.2. The Bertz CT molecular complexity index is 535. The standard InChI is InChI=1S/C16H25N3O3.ClH/c1-5-22-12-6-7-13(11(4)8-12)19-14(20)9-18-16(21)15(17)10(2)3;/h6-8,10,15H,5,9,17H2,1-4H3,(H,18,21)(H,19,20);1H/t15-;/m0./s1. The van der Waals surface area contributed by atoms with Crippen molar-refractivity contribution in [3.05, 3.63) is 23.8 Å². The van der Waals surface area contributed by atoms with Gasteiger partial charge in [0.1, 0.15) is 5.75 Å². The second kappa shape index (κ2) is 10.1. The van der Waals surface area contributed by atoms with Crippen molar-refractivity contribution in [3.8, 4) is 5.75 Å². The molecule has 1 aromatic carbocycles. The number of ether oxygens (including phenoxy) is 1. The fourth-order valence-corrected chi connectivity index (χ4v) is 1.82. The van der Waals surface area contributed by atoms with Gasteiger partial charge in [-0.1, -0.05) is 13.8 Å². The molecule has 0 aliphatic heterocycles. The lowest BCUT2D eigenvalue weighted by Crippen LogP contribution is -2.46. The Kier molecular flexibility index (Phi) is 9.29. The zero-order valence-corrected chi connectivity index (χ0v) is 14.8. The van der Waals surface area contributed by atoms with Crippen molar-refractivity contribution in [1.82, 2.24) is 5.32 Å². The summed E-state index contributed by atoms with van der Waals surface area (Å²) in [7, 11) is 0. The number of carbonyl (C=O) groups excluding carboxylic acids is 2. The summed E-state index contributed by atoms with van der Waals surface area (Å²) < 4.78 is 5.39. The lowest BCUT2D eigenvalue weighted by Gasteiger charge is -2.15. The minimum absolute atomic E-state index is 0. The van der Waals surface area contributed by atoms with Crippen molar-refractivity contribution in [1.29, 1.82) is 0 Å². The van der Waals surface area contributed by atoms with Gasteiger partial charge in [-0.05, 0) is 43.5 Å². The summed E-state index contributed by atoms with van der Waals surface area (Å²) in [4.78, 5) is 23.6. The highest BCUT2D eigenvalue weighted by Crippen LogP contribution is 2.21. The number of carbonyl (C=O) groups is 2. The molecule has 0 aromatic heterocycles. The van der Waals surface area contributed by atoms with E-state index in [0.29, 0.717) is 12.3 Å². The fourth-order valence-electron chi connectivity index (χ4n) is 1.82. The number of rotatable bonds is 7. The highest BCUT2D eigenvalue weighted by Gasteiger charge is 2.17. The van der Waals surface area contributed by atoms with Crippen LogP contribution in [0.15, 0.2) is 18.2 Å². The third kappa shape index (κ3) is 6.88. The summed E-state index contributed by atoms with van der Waals surface area (Å²) in [6, 6.07) is 4.81. The van der Waals surface area contributed by atoms with Crippen molar-refractivity contribution in [2.75, 3.05) is 18.5 Å². The summed E-state index contributed by atoms with van der Waals surface area (Å²) in [5.74, 6) is 0.163. The van der Waals surface area contributed by atoms with Crippen molar-refractivity contribution in [2.24, 2.45) is 11.7 Å². The van der Waals surface area contributed by atoms with E-state index in [-0.39, 0.29) is 36.7 Å². The molecule has 1 aromatic rings. The summed E-state index contributed by atoms with van der Waals surface area (Å²) in [6.45, 7) is 7.99. The summed E-state index contributed by atoms with van der Waals surface area (Å²) in [6.07, 6.45) is 0. The van der Waals surface area contributed by atoms with Crippen molar-refractivity contribution < 1.29 is 14.3 Å². The van der Waals surface area contributed by atoms with Crippen molar-refractivity contribution in [2.45, 2.75) is 33.7 Å². The van der Waals surface area contributed by atoms with Crippen molar-refractivity contribution >= 4 is 29.9 Å². The molecule has 0 saturated heterocycles. The van der Waals surface area contributed by atoms with Gasteiger partial charge in [0, 0.05) is 5.69 Å². The molecule has 0 aliphatic carbocycles. The number of halogens is 1. The maximum Gasteiger partial charge on any atom is 0.243 e. The van der Waals surface area contributed by atoms with Crippen LogP contribution in [-0.2, 0) is 9.59 Å². The van der Waals surface area contributed by atoms with Gasteiger partial charge in [0.15, 0.2) is 0 Å². The second-order valence-corrected chi connectivity index (χ2v) is 5.45. The molecule has 0 fully saturated rings. The van der Waals surface area contributed by atoms with E-state index >= 15 is 0 Å². The van der Waals surface area contributed by atoms with Crippen LogP contribution in [0.1, 0.15) is 26.3 Å². The fraction of sp³-hybridized carbons (Fsp3) is 0.500. The van der Waals surface area contributed by atoms with Crippen LogP contribution in [0.2, 0.25) is 0 Å². The van der Waals surface area contributed by atoms with Crippen LogP contribution in [-0.4, -0.2) is 31.0 Å². The van der Waals surface area contributed by atoms with Gasteiger partial charge in [-0.15, -0.1) is 12.4 Å². The predicted molar refractivity (Wildman–Crippen MR) is 94.0 cm³/mol. The molecular weight excluding hydrogens is 318 g/mol. The molecule has 0 bridgehead atoms. The van der Waals surface area contributed by atoms with E-state index in [1.807, 2.05) is 33.8 Å². The van der Waals surface area contributed by atoms with Crippen LogP contribution in [0.3, 0.4) is 0 Å². The van der Waals surface area contributed by atoms with E-state index in [0.717, 1.165) is 11.3 Å². The van der Waals surface area contributed by atoms with Gasteiger partial charge in [0.2, 0.25) is 11.8 Å². The Hall–Kier alpha value is -1.79. The molecule has 4 N–H and O–H groups in total. The molecule has 0 unspecified atom stereocenters. The number of hydrogen-bond acceptors (Lipinski definition) is 4. The quantitative estimate of drug-likeness (QED) is 0.704. The Balaban J connectivity index is 0.00000484. The number of nitrogens with one attached hydrogen (secondary N) is 2. The predicted octanol–water partition coefficient (Wildman–Crippen LogP) is 1.85. The number of aryl methyl sites for hydroxylation is 1. The Labute approximate surface area is 143 Å². The number of nitrogens with two attached hydrogens (primary N) is 1. The zero-order chi connectivity index (χ0) is 16.7. The van der Waals surface area contributed by atoms with E-state index in [2.05, 4.69) is 10.6 Å². The molecule has 7 heteroatoms. The van der Waals surface area contributed by atoms with Crippen LogP contribution >= 0.6 is 12.4 Å². The summed E-state index contributed by atoms with van der Waals surface area (Å²) in [5, 5.41) is 5.29. The average Bonchev–Trinajstić information content (AvgIpc) is 2.47. The lowest BCUT2D eigenvalue weighted by molar-refractivity contribution is -0.125. The van der Waals surface area contributed by atoms with Gasteiger partial charge in [-0.25, -0.2) is 0 Å². The molecule has 0 aliphatic rings. The Morgan fingerprint density at radius 1 is 1.30 bits per heavy atom. The minimum atomic E-state index is -0.611. The molecular formula is C16H26ClN3O3. The number of benzene rings is 1. The van der Waals surface area contributed by atoms with Crippen LogP contribution < -0.4 is 21.1 Å². The first-order valence-corrected chi connectivity index (χ1v) is 7.41.